The maximum atomic E-state index is 13.0. The summed E-state index contributed by atoms with van der Waals surface area (Å²) in [5, 5.41) is 11.0. The van der Waals surface area contributed by atoms with Crippen LogP contribution >= 0.6 is 11.6 Å². The number of nitrogens with one attached hydrogen (secondary N) is 1. The number of hydrogen-bond acceptors (Lipinski definition) is 5. The number of carbonyl (C=O) groups excluding carboxylic acids is 1. The predicted octanol–water partition coefficient (Wildman–Crippen LogP) is 4.19. The van der Waals surface area contributed by atoms with Crippen LogP contribution in [-0.2, 0) is 11.0 Å². The molecule has 1 saturated heterocycles. The van der Waals surface area contributed by atoms with Gasteiger partial charge in [-0.25, -0.2) is 4.98 Å². The molecule has 1 aliphatic rings. The molecule has 0 bridgehead atoms. The summed E-state index contributed by atoms with van der Waals surface area (Å²) in [6.45, 7) is 1.08. The lowest BCUT2D eigenvalue weighted by Crippen LogP contribution is -2.41. The normalized spacial score (nSPS) is 16.9. The largest absolute Gasteiger partial charge is 0.416 e. The van der Waals surface area contributed by atoms with Gasteiger partial charge in [-0.2, -0.15) is 13.2 Å². The lowest BCUT2D eigenvalue weighted by atomic mass is 9.97. The van der Waals surface area contributed by atoms with Gasteiger partial charge in [0.25, 0.3) is 0 Å². The molecule has 162 valence electrons. The van der Waals surface area contributed by atoms with Gasteiger partial charge in [0, 0.05) is 25.5 Å². The number of anilines is 2. The molecule has 0 spiro atoms. The number of imidazole rings is 1. The second kappa shape index (κ2) is 8.54. The minimum Gasteiger partial charge on any atom is -0.354 e. The third-order valence-corrected chi connectivity index (χ3v) is 5.40. The molecular formula is C20H18ClF3N6O. The summed E-state index contributed by atoms with van der Waals surface area (Å²) in [4.78, 5) is 18.6. The van der Waals surface area contributed by atoms with Crippen LogP contribution in [0.25, 0.3) is 5.82 Å². The highest BCUT2D eigenvalue weighted by Crippen LogP contribution is 2.34. The molecule has 31 heavy (non-hydrogen) atoms. The summed E-state index contributed by atoms with van der Waals surface area (Å²) in [6.07, 6.45) is 1.83. The monoisotopic (exact) mass is 450 g/mol. The Morgan fingerprint density at radius 2 is 1.94 bits per heavy atom. The predicted molar refractivity (Wildman–Crippen MR) is 109 cm³/mol. The Morgan fingerprint density at radius 3 is 2.61 bits per heavy atom. The molecule has 11 heteroatoms. The lowest BCUT2D eigenvalue weighted by molar-refractivity contribution is -0.137. The van der Waals surface area contributed by atoms with E-state index < -0.39 is 17.7 Å². The van der Waals surface area contributed by atoms with Gasteiger partial charge in [-0.15, -0.1) is 10.2 Å². The van der Waals surface area contributed by atoms with Crippen molar-refractivity contribution in [2.75, 3.05) is 23.3 Å². The molecule has 1 fully saturated rings. The summed E-state index contributed by atoms with van der Waals surface area (Å²) in [7, 11) is 0. The second-order valence-electron chi connectivity index (χ2n) is 7.19. The zero-order valence-corrected chi connectivity index (χ0v) is 16.9. The molecule has 1 atom stereocenters. The van der Waals surface area contributed by atoms with Crippen molar-refractivity contribution in [3.05, 3.63) is 59.6 Å². The number of hydrogen-bond donors (Lipinski definition) is 1. The number of halogens is 4. The number of rotatable bonds is 4. The van der Waals surface area contributed by atoms with Crippen LogP contribution < -0.4 is 10.2 Å². The lowest BCUT2D eigenvalue weighted by Gasteiger charge is -2.32. The van der Waals surface area contributed by atoms with Crippen LogP contribution in [0.15, 0.2) is 49.1 Å². The van der Waals surface area contributed by atoms with Gasteiger partial charge in [0.15, 0.2) is 11.6 Å². The van der Waals surface area contributed by atoms with Crippen molar-refractivity contribution < 1.29 is 18.0 Å². The van der Waals surface area contributed by atoms with Crippen LogP contribution in [0.1, 0.15) is 18.4 Å². The fourth-order valence-corrected chi connectivity index (χ4v) is 3.62. The minimum absolute atomic E-state index is 0.0509. The molecular weight excluding hydrogens is 433 g/mol. The molecule has 7 nitrogen and oxygen atoms in total. The zero-order valence-electron chi connectivity index (χ0n) is 16.2. The smallest absolute Gasteiger partial charge is 0.354 e. The summed E-state index contributed by atoms with van der Waals surface area (Å²) in [5.74, 6) is 0.439. The number of aromatic nitrogens is 4. The maximum Gasteiger partial charge on any atom is 0.416 e. The van der Waals surface area contributed by atoms with Gasteiger partial charge in [0.2, 0.25) is 5.91 Å². The van der Waals surface area contributed by atoms with E-state index in [4.69, 9.17) is 11.6 Å². The zero-order chi connectivity index (χ0) is 22.0. The molecule has 1 N–H and O–H groups in total. The molecule has 1 unspecified atom stereocenters. The van der Waals surface area contributed by atoms with Crippen molar-refractivity contribution in [1.29, 1.82) is 0 Å². The molecule has 0 saturated carbocycles. The molecule has 1 aliphatic heterocycles. The Labute approximate surface area is 180 Å². The van der Waals surface area contributed by atoms with Crippen LogP contribution in [0.2, 0.25) is 5.02 Å². The first kappa shape index (κ1) is 21.1. The molecule has 0 radical (unpaired) electrons. The molecule has 3 heterocycles. The maximum absolute atomic E-state index is 13.0. The summed E-state index contributed by atoms with van der Waals surface area (Å²) in [5.41, 5.74) is -0.922. The van der Waals surface area contributed by atoms with E-state index in [2.05, 4.69) is 20.5 Å². The highest BCUT2D eigenvalue weighted by atomic mass is 35.5. The topological polar surface area (TPSA) is 75.9 Å². The van der Waals surface area contributed by atoms with E-state index >= 15 is 0 Å². The Kier molecular flexibility index (Phi) is 5.81. The third kappa shape index (κ3) is 4.79. The molecule has 0 aliphatic carbocycles. The summed E-state index contributed by atoms with van der Waals surface area (Å²) >= 11 is 5.99. The Balaban J connectivity index is 1.44. The number of nitrogens with zero attached hydrogens (tertiary/aromatic N) is 5. The number of amides is 1. The van der Waals surface area contributed by atoms with Gasteiger partial charge in [0.1, 0.15) is 6.33 Å². The van der Waals surface area contributed by atoms with E-state index in [0.29, 0.717) is 31.1 Å². The molecule has 2 aromatic heterocycles. The Hall–Kier alpha value is -3.14. The quantitative estimate of drug-likeness (QED) is 0.645. The standard InChI is InChI=1S/C20H18ClF3N6O/c21-15-4-3-14(20(22,23)24)10-16(15)26-19(31)13-2-1-8-29(11-13)17-5-6-18(28-27-17)30-9-7-25-12-30/h3-7,9-10,12-13H,1-2,8,11H2,(H,26,31). The van der Waals surface area contributed by atoms with Crippen molar-refractivity contribution in [2.45, 2.75) is 19.0 Å². The summed E-state index contributed by atoms with van der Waals surface area (Å²) < 4.78 is 40.6. The number of carbonyl (C=O) groups is 1. The van der Waals surface area contributed by atoms with E-state index in [1.54, 1.807) is 29.4 Å². The Bertz CT molecular complexity index is 1060. The van der Waals surface area contributed by atoms with Crippen molar-refractivity contribution in [3.8, 4) is 5.82 Å². The van der Waals surface area contributed by atoms with E-state index in [1.807, 2.05) is 11.0 Å². The van der Waals surface area contributed by atoms with Crippen molar-refractivity contribution in [3.63, 3.8) is 0 Å². The molecule has 3 aromatic rings. The van der Waals surface area contributed by atoms with Crippen LogP contribution in [-0.4, -0.2) is 38.7 Å². The summed E-state index contributed by atoms with van der Waals surface area (Å²) in [6, 6.07) is 6.47. The van der Waals surface area contributed by atoms with Crippen LogP contribution in [0.5, 0.6) is 0 Å². The molecule has 1 aromatic carbocycles. The van der Waals surface area contributed by atoms with Gasteiger partial charge in [-0.05, 0) is 43.2 Å². The first-order valence-corrected chi connectivity index (χ1v) is 9.93. The van der Waals surface area contributed by atoms with Crippen molar-refractivity contribution in [2.24, 2.45) is 5.92 Å². The van der Waals surface area contributed by atoms with E-state index in [0.717, 1.165) is 24.6 Å². The first-order valence-electron chi connectivity index (χ1n) is 9.56. The molecule has 1 amide bonds. The number of piperidine rings is 1. The van der Waals surface area contributed by atoms with Gasteiger partial charge >= 0.3 is 6.18 Å². The van der Waals surface area contributed by atoms with E-state index in [-0.39, 0.29) is 16.6 Å². The van der Waals surface area contributed by atoms with Gasteiger partial charge < -0.3 is 10.2 Å². The average Bonchev–Trinajstić information content (AvgIpc) is 3.30. The van der Waals surface area contributed by atoms with E-state index in [9.17, 15) is 18.0 Å². The van der Waals surface area contributed by atoms with Crippen LogP contribution in [0.4, 0.5) is 24.7 Å². The van der Waals surface area contributed by atoms with Gasteiger partial charge in [-0.1, -0.05) is 11.6 Å². The van der Waals surface area contributed by atoms with Crippen LogP contribution in [0, 0.1) is 5.92 Å². The second-order valence-corrected chi connectivity index (χ2v) is 7.59. The minimum atomic E-state index is -4.52. The number of benzene rings is 1. The number of alkyl halides is 3. The fourth-order valence-electron chi connectivity index (χ4n) is 3.45. The van der Waals surface area contributed by atoms with Crippen LogP contribution in [0.3, 0.4) is 0 Å². The van der Waals surface area contributed by atoms with Gasteiger partial charge in [0.05, 0.1) is 22.2 Å². The van der Waals surface area contributed by atoms with Crippen molar-refractivity contribution >= 4 is 29.0 Å². The average molecular weight is 451 g/mol. The Morgan fingerprint density at radius 1 is 1.16 bits per heavy atom. The fraction of sp³-hybridized carbons (Fsp3) is 0.300. The van der Waals surface area contributed by atoms with Crippen molar-refractivity contribution in [1.82, 2.24) is 19.7 Å². The highest BCUT2D eigenvalue weighted by Gasteiger charge is 2.32. The molecule has 4 rings (SSSR count). The van der Waals surface area contributed by atoms with Gasteiger partial charge in [-0.3, -0.25) is 9.36 Å². The first-order chi connectivity index (χ1) is 14.8. The third-order valence-electron chi connectivity index (χ3n) is 5.07. The highest BCUT2D eigenvalue weighted by molar-refractivity contribution is 6.33. The SMILES string of the molecule is O=C(Nc1cc(C(F)(F)F)ccc1Cl)C1CCCN(c2ccc(-n3ccnc3)nn2)C1. The van der Waals surface area contributed by atoms with E-state index in [1.165, 1.54) is 0 Å².